The molecule has 3 heterocycles. The van der Waals surface area contributed by atoms with Crippen molar-refractivity contribution < 1.29 is 9.53 Å². The zero-order chi connectivity index (χ0) is 24.2. The van der Waals surface area contributed by atoms with E-state index in [0.717, 1.165) is 49.2 Å². The quantitative estimate of drug-likeness (QED) is 0.313. The fourth-order valence-electron chi connectivity index (χ4n) is 4.52. The summed E-state index contributed by atoms with van der Waals surface area (Å²) in [5.74, 6) is -0.133. The fraction of sp³-hybridized carbons (Fsp3) is 0.480. The van der Waals surface area contributed by atoms with Gasteiger partial charge >= 0.3 is 0 Å². The summed E-state index contributed by atoms with van der Waals surface area (Å²) in [7, 11) is 2.11. The van der Waals surface area contributed by atoms with Gasteiger partial charge in [0.15, 0.2) is 0 Å². The van der Waals surface area contributed by atoms with Gasteiger partial charge in [0.25, 0.3) is 11.5 Å². The van der Waals surface area contributed by atoms with E-state index in [4.69, 9.17) is 17.0 Å². The number of rotatable bonds is 8. The third-order valence-electron chi connectivity index (χ3n) is 6.34. The number of piperazine rings is 1. The maximum absolute atomic E-state index is 13.7. The molecule has 1 aromatic carbocycles. The minimum absolute atomic E-state index is 0.0725. The van der Waals surface area contributed by atoms with E-state index < -0.39 is 0 Å². The number of fused-ring (bicyclic) bond motifs is 1. The van der Waals surface area contributed by atoms with Crippen molar-refractivity contribution in [3.05, 3.63) is 45.1 Å². The Hall–Kier alpha value is -2.20. The Bertz CT molecular complexity index is 1170. The molecule has 0 radical (unpaired) electrons. The summed E-state index contributed by atoms with van der Waals surface area (Å²) >= 11 is 6.78. The Morgan fingerprint density at radius 1 is 1.12 bits per heavy atom. The number of hydrogen-bond acceptors (Lipinski definition) is 7. The molecule has 0 aliphatic carbocycles. The van der Waals surface area contributed by atoms with Crippen LogP contribution in [0.25, 0.3) is 17.0 Å². The van der Waals surface area contributed by atoms with Gasteiger partial charge in [-0.25, -0.2) is 0 Å². The average molecular weight is 501 g/mol. The Kier molecular flexibility index (Phi) is 8.08. The predicted molar refractivity (Wildman–Crippen MR) is 145 cm³/mol. The van der Waals surface area contributed by atoms with Crippen LogP contribution in [0.3, 0.4) is 0 Å². The van der Waals surface area contributed by atoms with Crippen LogP contribution in [0.2, 0.25) is 0 Å². The topological polar surface area (TPSA) is 58.0 Å². The molecule has 2 saturated heterocycles. The number of thioether (sulfide) groups is 1. The van der Waals surface area contributed by atoms with Gasteiger partial charge < -0.3 is 19.1 Å². The number of amides is 1. The molecule has 0 unspecified atom stereocenters. The van der Waals surface area contributed by atoms with Gasteiger partial charge in [0, 0.05) is 57.9 Å². The van der Waals surface area contributed by atoms with Gasteiger partial charge in [0.1, 0.15) is 4.32 Å². The number of hydrogen-bond donors (Lipinski definition) is 0. The van der Waals surface area contributed by atoms with Crippen LogP contribution >= 0.6 is 24.0 Å². The Morgan fingerprint density at radius 2 is 1.85 bits per heavy atom. The van der Waals surface area contributed by atoms with Crippen molar-refractivity contribution in [3.8, 4) is 0 Å². The Labute approximate surface area is 210 Å². The zero-order valence-electron chi connectivity index (χ0n) is 20.1. The first kappa shape index (κ1) is 24.9. The molecule has 4 rings (SSSR count). The molecule has 182 valence electrons. The molecule has 2 fully saturated rings. The van der Waals surface area contributed by atoms with E-state index >= 15 is 0 Å². The van der Waals surface area contributed by atoms with E-state index in [2.05, 4.69) is 22.9 Å². The van der Waals surface area contributed by atoms with Gasteiger partial charge in [-0.05, 0) is 39.5 Å². The molecule has 1 aromatic heterocycles. The van der Waals surface area contributed by atoms with Gasteiger partial charge in [-0.15, -0.1) is 0 Å². The minimum Gasteiger partial charge on any atom is -0.382 e. The molecule has 0 saturated carbocycles. The van der Waals surface area contributed by atoms with Gasteiger partial charge in [-0.2, -0.15) is 0 Å². The van der Waals surface area contributed by atoms with E-state index in [9.17, 15) is 9.59 Å². The summed E-state index contributed by atoms with van der Waals surface area (Å²) in [4.78, 5) is 33.7. The molecule has 0 atom stereocenters. The number of nitrogens with zero attached hydrogens (tertiary/aromatic N) is 4. The van der Waals surface area contributed by atoms with Crippen molar-refractivity contribution in [3.63, 3.8) is 0 Å². The molecule has 0 N–H and O–H groups in total. The summed E-state index contributed by atoms with van der Waals surface area (Å²) in [6.45, 7) is 9.75. The second-order valence-corrected chi connectivity index (χ2v) is 10.2. The predicted octanol–water partition coefficient (Wildman–Crippen LogP) is 3.40. The highest BCUT2D eigenvalue weighted by atomic mass is 32.2. The van der Waals surface area contributed by atoms with Gasteiger partial charge in [0.05, 0.1) is 21.7 Å². The number of carbonyl (C=O) groups is 1. The Morgan fingerprint density at radius 3 is 2.56 bits per heavy atom. The van der Waals surface area contributed by atoms with Crippen molar-refractivity contribution in [2.24, 2.45) is 0 Å². The maximum Gasteiger partial charge on any atom is 0.266 e. The first-order valence-electron chi connectivity index (χ1n) is 11.9. The van der Waals surface area contributed by atoms with Crippen LogP contribution in [-0.4, -0.2) is 77.6 Å². The maximum atomic E-state index is 13.7. The first-order valence-corrected chi connectivity index (χ1v) is 13.1. The van der Waals surface area contributed by atoms with Crippen LogP contribution in [0.5, 0.6) is 0 Å². The highest BCUT2D eigenvalue weighted by Crippen LogP contribution is 2.36. The smallest absolute Gasteiger partial charge is 0.266 e. The second-order valence-electron chi connectivity index (χ2n) is 8.50. The number of pyridine rings is 1. The highest BCUT2D eigenvalue weighted by Gasteiger charge is 2.33. The lowest BCUT2D eigenvalue weighted by molar-refractivity contribution is -0.122. The highest BCUT2D eigenvalue weighted by molar-refractivity contribution is 8.26. The molecule has 0 spiro atoms. The number of ether oxygens (including phenoxy) is 1. The standard InChI is InChI=1S/C25H32N4O3S2/c1-4-28-20-10-7-6-9-18(20)22(27-14-12-26(3)13-15-27)19(23(28)30)17-21-24(31)29(25(33)34-21)11-8-16-32-5-2/h6-7,9-10,17H,4-5,8,11-16H2,1-3H3. The third-order valence-corrected chi connectivity index (χ3v) is 7.72. The summed E-state index contributed by atoms with van der Waals surface area (Å²) in [5.41, 5.74) is 2.33. The Balaban J connectivity index is 1.79. The van der Waals surface area contributed by atoms with Crippen molar-refractivity contribution >= 4 is 56.9 Å². The molecule has 2 aliphatic rings. The van der Waals surface area contributed by atoms with E-state index in [1.54, 1.807) is 15.5 Å². The van der Waals surface area contributed by atoms with Gasteiger partial charge in [-0.3, -0.25) is 14.5 Å². The van der Waals surface area contributed by atoms with Crippen LogP contribution in [0.4, 0.5) is 5.69 Å². The molecule has 34 heavy (non-hydrogen) atoms. The zero-order valence-corrected chi connectivity index (χ0v) is 21.7. The number of thiocarbonyl (C=S) groups is 1. The SMILES string of the molecule is CCOCCCN1C(=O)C(=Cc2c(N3CCN(C)CC3)c3ccccc3n(CC)c2=O)SC1=S. The van der Waals surface area contributed by atoms with E-state index in [-0.39, 0.29) is 11.5 Å². The number of carbonyl (C=O) groups excluding carboxylic acids is 1. The molecular weight excluding hydrogens is 468 g/mol. The summed E-state index contributed by atoms with van der Waals surface area (Å²) in [5, 5.41) is 1.03. The monoisotopic (exact) mass is 500 g/mol. The van der Waals surface area contributed by atoms with Crippen LogP contribution < -0.4 is 10.5 Å². The lowest BCUT2D eigenvalue weighted by Gasteiger charge is -2.35. The third kappa shape index (κ3) is 4.93. The minimum atomic E-state index is -0.133. The fourth-order valence-corrected chi connectivity index (χ4v) is 5.81. The summed E-state index contributed by atoms with van der Waals surface area (Å²) in [6, 6.07) is 8.05. The number of likely N-dealkylation sites (N-methyl/N-ethyl adjacent to an activating group) is 1. The summed E-state index contributed by atoms with van der Waals surface area (Å²) in [6.07, 6.45) is 2.50. The number of aryl methyl sites for hydroxylation is 1. The lowest BCUT2D eigenvalue weighted by Crippen LogP contribution is -2.45. The van der Waals surface area contributed by atoms with Gasteiger partial charge in [0.2, 0.25) is 0 Å². The second kappa shape index (κ2) is 11.0. The number of aromatic nitrogens is 1. The van der Waals surface area contributed by atoms with E-state index in [1.165, 1.54) is 11.8 Å². The summed E-state index contributed by atoms with van der Waals surface area (Å²) < 4.78 is 7.73. The normalized spacial score (nSPS) is 18.6. The van der Waals surface area contributed by atoms with Crippen molar-refractivity contribution in [2.45, 2.75) is 26.8 Å². The van der Waals surface area contributed by atoms with E-state index in [0.29, 0.717) is 41.1 Å². The lowest BCUT2D eigenvalue weighted by atomic mass is 10.1. The first-order chi connectivity index (χ1) is 16.5. The molecule has 0 bridgehead atoms. The van der Waals surface area contributed by atoms with Crippen LogP contribution in [0, 0.1) is 0 Å². The molecule has 2 aromatic rings. The molecule has 7 nitrogen and oxygen atoms in total. The van der Waals surface area contributed by atoms with Crippen LogP contribution in [0.15, 0.2) is 34.0 Å². The molecule has 1 amide bonds. The number of benzene rings is 1. The average Bonchev–Trinajstić information content (AvgIpc) is 3.10. The van der Waals surface area contributed by atoms with Crippen molar-refractivity contribution in [1.29, 1.82) is 0 Å². The molecule has 2 aliphatic heterocycles. The molecule has 9 heteroatoms. The van der Waals surface area contributed by atoms with E-state index in [1.807, 2.05) is 32.0 Å². The van der Waals surface area contributed by atoms with Crippen LogP contribution in [-0.2, 0) is 16.1 Å². The number of anilines is 1. The largest absolute Gasteiger partial charge is 0.382 e. The number of para-hydroxylation sites is 1. The van der Waals surface area contributed by atoms with Crippen LogP contribution in [0.1, 0.15) is 25.8 Å². The molecular formula is C25H32N4O3S2. The van der Waals surface area contributed by atoms with Crippen molar-refractivity contribution in [1.82, 2.24) is 14.4 Å². The van der Waals surface area contributed by atoms with Crippen molar-refractivity contribution in [2.75, 3.05) is 57.9 Å². The van der Waals surface area contributed by atoms with Gasteiger partial charge in [-0.1, -0.05) is 42.2 Å².